The maximum atomic E-state index is 13.1. The van der Waals surface area contributed by atoms with Crippen molar-refractivity contribution < 1.29 is 80.2 Å². The molecule has 0 bridgehead atoms. The molecule has 0 heterocycles. The number of rotatable bonds is 70. The molecule has 3 unspecified atom stereocenters. The first kappa shape index (κ1) is 90.5. The number of allylic oxidation sites excluding steroid dienone is 4. The summed E-state index contributed by atoms with van der Waals surface area (Å²) in [6.07, 6.45) is 52.3. The monoisotopic (exact) mass is 1360 g/mol. The second-order valence-corrected chi connectivity index (χ2v) is 30.1. The minimum absolute atomic E-state index is 0.100. The molecule has 0 aromatic carbocycles. The normalized spacial score (nSPS) is 14.6. The Morgan fingerprint density at radius 3 is 0.957 bits per heavy atom. The molecule has 93 heavy (non-hydrogen) atoms. The summed E-state index contributed by atoms with van der Waals surface area (Å²) in [6, 6.07) is 0. The van der Waals surface area contributed by atoms with Crippen LogP contribution in [0.15, 0.2) is 24.3 Å². The molecule has 0 aliphatic rings. The third-order valence-electron chi connectivity index (χ3n) is 16.9. The maximum Gasteiger partial charge on any atom is 0.472 e. The van der Waals surface area contributed by atoms with Gasteiger partial charge in [-0.25, -0.2) is 9.13 Å². The summed E-state index contributed by atoms with van der Waals surface area (Å²) in [6.45, 7) is 11.7. The van der Waals surface area contributed by atoms with Crippen LogP contribution in [0.5, 0.6) is 0 Å². The van der Waals surface area contributed by atoms with Crippen LogP contribution >= 0.6 is 15.6 Å². The van der Waals surface area contributed by atoms with Crippen molar-refractivity contribution in [1.82, 2.24) is 0 Å². The molecule has 0 amide bonds. The summed E-state index contributed by atoms with van der Waals surface area (Å²) in [5, 5.41) is 10.6. The van der Waals surface area contributed by atoms with Gasteiger partial charge < -0.3 is 33.8 Å². The van der Waals surface area contributed by atoms with Crippen LogP contribution in [0, 0.1) is 17.8 Å². The quantitative estimate of drug-likeness (QED) is 0.0169. The van der Waals surface area contributed by atoms with Gasteiger partial charge in [0.15, 0.2) is 12.2 Å². The van der Waals surface area contributed by atoms with Gasteiger partial charge in [0.1, 0.15) is 19.3 Å². The zero-order chi connectivity index (χ0) is 68.7. The van der Waals surface area contributed by atoms with E-state index in [1.165, 1.54) is 135 Å². The summed E-state index contributed by atoms with van der Waals surface area (Å²) in [5.41, 5.74) is 0. The number of aliphatic hydroxyl groups excluding tert-OH is 1. The van der Waals surface area contributed by atoms with Crippen molar-refractivity contribution in [3.63, 3.8) is 0 Å². The van der Waals surface area contributed by atoms with Gasteiger partial charge in [0.25, 0.3) is 0 Å². The van der Waals surface area contributed by atoms with Gasteiger partial charge in [-0.1, -0.05) is 297 Å². The summed E-state index contributed by atoms with van der Waals surface area (Å²) >= 11 is 0. The maximum absolute atomic E-state index is 13.1. The summed E-state index contributed by atoms with van der Waals surface area (Å²) in [7, 11) is -9.92. The number of ether oxygens (including phenoxy) is 4. The third-order valence-corrected chi connectivity index (χ3v) is 18.8. The van der Waals surface area contributed by atoms with E-state index in [-0.39, 0.29) is 25.7 Å². The number of carbonyl (C=O) groups is 4. The summed E-state index contributed by atoms with van der Waals surface area (Å²) < 4.78 is 68.3. The Hall–Kier alpha value is -2.46. The average Bonchev–Trinajstić information content (AvgIpc) is 1.93. The van der Waals surface area contributed by atoms with E-state index in [2.05, 4.69) is 72.8 Å². The zero-order valence-corrected chi connectivity index (χ0v) is 62.0. The predicted octanol–water partition coefficient (Wildman–Crippen LogP) is 21.0. The number of phosphoric ester groups is 2. The van der Waals surface area contributed by atoms with Gasteiger partial charge in [-0.3, -0.25) is 37.3 Å². The SMILES string of the molecule is CCCCCC/C=C\C=C/CCCCCCCC(=O)OC[C@H](COP(=O)(O)OC[C@@H](O)COP(=O)(O)OC[C@@H](COC(=O)CCCCCCCCC(C)C)OC(=O)CCCCCCCCCCC(C)C)OC(=O)CCCCCCCCCCCCCCCCC(C)CC. The van der Waals surface area contributed by atoms with Gasteiger partial charge in [-0.15, -0.1) is 0 Å². The summed E-state index contributed by atoms with van der Waals surface area (Å²) in [5.74, 6) is 0.0830. The second kappa shape index (κ2) is 64.2. The Labute approximate surface area is 567 Å². The van der Waals surface area contributed by atoms with Crippen LogP contribution < -0.4 is 0 Å². The first-order valence-corrected chi connectivity index (χ1v) is 40.7. The molecule has 0 saturated carbocycles. The highest BCUT2D eigenvalue weighted by Gasteiger charge is 2.30. The minimum atomic E-state index is -4.96. The molecule has 0 radical (unpaired) electrons. The first-order valence-electron chi connectivity index (χ1n) is 37.7. The Bertz CT molecular complexity index is 1910. The number of esters is 4. The van der Waals surface area contributed by atoms with E-state index in [0.29, 0.717) is 37.5 Å². The lowest BCUT2D eigenvalue weighted by Gasteiger charge is -2.21. The van der Waals surface area contributed by atoms with Crippen LogP contribution in [-0.2, 0) is 65.4 Å². The van der Waals surface area contributed by atoms with Crippen LogP contribution in [0.3, 0.4) is 0 Å². The third kappa shape index (κ3) is 66.6. The zero-order valence-electron chi connectivity index (χ0n) is 60.2. The molecule has 0 spiro atoms. The fourth-order valence-corrected chi connectivity index (χ4v) is 12.3. The summed E-state index contributed by atoms with van der Waals surface area (Å²) in [4.78, 5) is 72.6. The molecule has 0 rings (SSSR count). The lowest BCUT2D eigenvalue weighted by atomic mass is 9.99. The van der Waals surface area contributed by atoms with Crippen molar-refractivity contribution in [3.8, 4) is 0 Å². The van der Waals surface area contributed by atoms with E-state index in [0.717, 1.165) is 121 Å². The van der Waals surface area contributed by atoms with E-state index < -0.39 is 97.5 Å². The predicted molar refractivity (Wildman–Crippen MR) is 377 cm³/mol. The molecule has 0 aliphatic carbocycles. The van der Waals surface area contributed by atoms with Crippen LogP contribution in [-0.4, -0.2) is 96.7 Å². The highest BCUT2D eigenvalue weighted by Crippen LogP contribution is 2.45. The smallest absolute Gasteiger partial charge is 0.462 e. The molecule has 0 fully saturated rings. The minimum Gasteiger partial charge on any atom is -0.462 e. The average molecular weight is 1360 g/mol. The largest absolute Gasteiger partial charge is 0.472 e. The van der Waals surface area contributed by atoms with Gasteiger partial charge >= 0.3 is 39.5 Å². The van der Waals surface area contributed by atoms with Crippen LogP contribution in [0.1, 0.15) is 350 Å². The Morgan fingerprint density at radius 1 is 0.355 bits per heavy atom. The van der Waals surface area contributed by atoms with Crippen molar-refractivity contribution >= 4 is 39.5 Å². The first-order chi connectivity index (χ1) is 44.8. The number of aliphatic hydroxyl groups is 1. The van der Waals surface area contributed by atoms with Crippen LogP contribution in [0.4, 0.5) is 0 Å². The van der Waals surface area contributed by atoms with Gasteiger partial charge in [-0.05, 0) is 69.1 Å². The van der Waals surface area contributed by atoms with E-state index in [4.69, 9.17) is 37.0 Å². The van der Waals surface area contributed by atoms with Gasteiger partial charge in [0.2, 0.25) is 0 Å². The number of phosphoric acid groups is 2. The van der Waals surface area contributed by atoms with Gasteiger partial charge in [-0.2, -0.15) is 0 Å². The molecule has 0 saturated heterocycles. The molecule has 6 atom stereocenters. The van der Waals surface area contributed by atoms with E-state index in [1.807, 2.05) is 0 Å². The molecule has 0 aromatic rings. The lowest BCUT2D eigenvalue weighted by Crippen LogP contribution is -2.30. The topological polar surface area (TPSA) is 237 Å². The molecular formula is C74H140O17P2. The van der Waals surface area contributed by atoms with Crippen LogP contribution in [0.25, 0.3) is 0 Å². The fourth-order valence-electron chi connectivity index (χ4n) is 10.7. The van der Waals surface area contributed by atoms with Crippen molar-refractivity contribution in [3.05, 3.63) is 24.3 Å². The molecule has 17 nitrogen and oxygen atoms in total. The Kier molecular flexibility index (Phi) is 62.5. The number of hydrogen-bond acceptors (Lipinski definition) is 15. The number of hydrogen-bond donors (Lipinski definition) is 3. The molecule has 0 aliphatic heterocycles. The molecule has 3 N–H and O–H groups in total. The highest BCUT2D eigenvalue weighted by molar-refractivity contribution is 7.47. The van der Waals surface area contributed by atoms with Crippen LogP contribution in [0.2, 0.25) is 0 Å². The van der Waals surface area contributed by atoms with Gasteiger partial charge in [0, 0.05) is 25.7 Å². The second-order valence-electron chi connectivity index (χ2n) is 27.2. The number of unbranched alkanes of at least 4 members (excludes halogenated alkanes) is 34. The van der Waals surface area contributed by atoms with E-state index in [9.17, 15) is 43.2 Å². The Morgan fingerprint density at radius 2 is 0.634 bits per heavy atom. The van der Waals surface area contributed by atoms with Crippen molar-refractivity contribution in [2.75, 3.05) is 39.6 Å². The van der Waals surface area contributed by atoms with Crippen molar-refractivity contribution in [2.24, 2.45) is 17.8 Å². The molecular weight excluding hydrogens is 1220 g/mol. The van der Waals surface area contributed by atoms with E-state index in [1.54, 1.807) is 0 Å². The molecule has 0 aromatic heterocycles. The van der Waals surface area contributed by atoms with Gasteiger partial charge in [0.05, 0.1) is 26.4 Å². The number of carbonyl (C=O) groups excluding carboxylic acids is 4. The Balaban J connectivity index is 5.27. The standard InChI is InChI=1S/C74H140O17P2/c1-8-10-11-12-13-14-15-16-17-21-24-27-33-41-48-55-71(76)84-61-69(90-73(78)57-50-43-34-28-25-22-19-18-20-23-26-32-40-47-54-67(7)9-2)63-88-92(80,81)86-59-68(75)60-87-93(82,83)89-64-70(62-85-72(77)56-49-42-37-36-39-46-53-66(5)6)91-74(79)58-51-44-35-30-29-31-38-45-52-65(3)4/h14-17,65-70,75H,8-13,18-64H2,1-7H3,(H,80,81)(H,82,83)/b15-14-,17-16-/t67?,68-,69-,70-/m1/s1. The van der Waals surface area contributed by atoms with Crippen molar-refractivity contribution in [1.29, 1.82) is 0 Å². The fraction of sp³-hybridized carbons (Fsp3) is 0.892. The molecule has 548 valence electrons. The van der Waals surface area contributed by atoms with Crippen molar-refractivity contribution in [2.45, 2.75) is 369 Å². The molecule has 19 heteroatoms. The highest BCUT2D eigenvalue weighted by atomic mass is 31.2. The lowest BCUT2D eigenvalue weighted by molar-refractivity contribution is -0.161. The van der Waals surface area contributed by atoms with E-state index >= 15 is 0 Å².